The number of imidazole rings is 1. The van der Waals surface area contributed by atoms with Crippen LogP contribution in [-0.4, -0.2) is 52.7 Å². The first-order valence-corrected chi connectivity index (χ1v) is 9.57. The third-order valence-corrected chi connectivity index (χ3v) is 5.20. The lowest BCUT2D eigenvalue weighted by Crippen LogP contribution is -2.36. The fourth-order valence-corrected chi connectivity index (χ4v) is 3.71. The second kappa shape index (κ2) is 7.43. The fraction of sp³-hybridized carbons (Fsp3) is 0.217. The molecule has 0 aliphatic carbocycles. The molecule has 5 rings (SSSR count). The maximum Gasteiger partial charge on any atom is 0.312 e. The van der Waals surface area contributed by atoms with Crippen molar-refractivity contribution in [3.8, 4) is 11.1 Å². The molecule has 1 aromatic carbocycles. The van der Waals surface area contributed by atoms with Gasteiger partial charge in [0, 0.05) is 37.5 Å². The summed E-state index contributed by atoms with van der Waals surface area (Å²) in [6.07, 6.45) is 7.87. The van der Waals surface area contributed by atoms with Crippen molar-refractivity contribution in [1.82, 2.24) is 19.0 Å². The molecule has 138 valence electrons. The Labute approximate surface area is 163 Å². The average molecular weight is 369 g/mol. The van der Waals surface area contributed by atoms with E-state index >= 15 is 0 Å². The van der Waals surface area contributed by atoms with Gasteiger partial charge < -0.3 is 9.14 Å². The van der Waals surface area contributed by atoms with Gasteiger partial charge in [-0.2, -0.15) is 0 Å². The molecule has 2 aromatic heterocycles. The van der Waals surface area contributed by atoms with Gasteiger partial charge in [-0.05, 0) is 27.9 Å². The van der Waals surface area contributed by atoms with E-state index in [0.717, 1.165) is 49.8 Å². The van der Waals surface area contributed by atoms with E-state index in [2.05, 4.69) is 62.4 Å². The predicted molar refractivity (Wildman–Crippen MR) is 112 cm³/mol. The topological polar surface area (TPSA) is 43.9 Å². The van der Waals surface area contributed by atoms with Crippen LogP contribution in [0, 0.1) is 0 Å². The smallest absolute Gasteiger partial charge is 0.312 e. The van der Waals surface area contributed by atoms with Crippen LogP contribution in [0.5, 0.6) is 0 Å². The zero-order chi connectivity index (χ0) is 18.8. The van der Waals surface area contributed by atoms with Crippen LogP contribution in [0.2, 0.25) is 0 Å². The number of nitrogens with zero attached hydrogens (tertiary/aromatic N) is 4. The van der Waals surface area contributed by atoms with Crippen LogP contribution >= 0.6 is 0 Å². The van der Waals surface area contributed by atoms with Crippen molar-refractivity contribution < 1.29 is 4.74 Å². The van der Waals surface area contributed by atoms with Crippen molar-refractivity contribution in [2.24, 2.45) is 0 Å². The number of benzene rings is 1. The minimum Gasteiger partial charge on any atom is -0.379 e. The summed E-state index contributed by atoms with van der Waals surface area (Å²) in [6, 6.07) is 14.7. The second-order valence-electron chi connectivity index (χ2n) is 6.98. The lowest BCUT2D eigenvalue weighted by molar-refractivity contribution is 0.0335. The molecule has 0 N–H and O–H groups in total. The van der Waals surface area contributed by atoms with Crippen LogP contribution in [-0.2, 0) is 11.3 Å². The highest BCUT2D eigenvalue weighted by atomic mass is 16.5. The van der Waals surface area contributed by atoms with Gasteiger partial charge in [-0.1, -0.05) is 30.3 Å². The van der Waals surface area contributed by atoms with Crippen LogP contribution in [0.15, 0.2) is 60.8 Å². The van der Waals surface area contributed by atoms with Gasteiger partial charge in [0.2, 0.25) is 0 Å². The van der Waals surface area contributed by atoms with Crippen LogP contribution in [0.1, 0.15) is 11.4 Å². The standard InChI is InChI=1S/C23H21N4O/c1-2-4-18(5-3-1)20-6-7-22-25-23(19-8-10-24-11-9-19)21(27(22)16-20)17-26-12-14-28-15-13-26/h1-10,16H,12-15,17H2/q+1. The Morgan fingerprint density at radius 2 is 1.89 bits per heavy atom. The summed E-state index contributed by atoms with van der Waals surface area (Å²) in [5.41, 5.74) is 6.57. The summed E-state index contributed by atoms with van der Waals surface area (Å²) in [5, 5.41) is 0. The zero-order valence-corrected chi connectivity index (χ0v) is 15.6. The highest BCUT2D eigenvalue weighted by molar-refractivity contribution is 5.95. The highest BCUT2D eigenvalue weighted by Crippen LogP contribution is 2.26. The molecular weight excluding hydrogens is 348 g/mol. The molecule has 4 heterocycles. The molecular formula is C23H21N4O+. The number of hydrogen-bond donors (Lipinski definition) is 0. The minimum absolute atomic E-state index is 0.782. The van der Waals surface area contributed by atoms with Crippen LogP contribution in [0.4, 0.5) is 0 Å². The van der Waals surface area contributed by atoms with Gasteiger partial charge in [-0.3, -0.25) is 4.90 Å². The van der Waals surface area contributed by atoms with Gasteiger partial charge in [0.1, 0.15) is 5.65 Å². The fourth-order valence-electron chi connectivity index (χ4n) is 3.71. The number of allylic oxidation sites excluding steroid dienone is 3. The first-order chi connectivity index (χ1) is 13.9. The van der Waals surface area contributed by atoms with E-state index in [1.54, 1.807) is 6.21 Å². The summed E-state index contributed by atoms with van der Waals surface area (Å²) in [5.74, 6) is 2.94. The molecule has 0 saturated carbocycles. The highest BCUT2D eigenvalue weighted by Gasteiger charge is 2.20. The summed E-state index contributed by atoms with van der Waals surface area (Å²) in [7, 11) is 0. The number of fused-ring (bicyclic) bond motifs is 1. The maximum absolute atomic E-state index is 5.52. The summed E-state index contributed by atoms with van der Waals surface area (Å²) in [4.78, 5) is 7.37. The molecule has 0 radical (unpaired) electrons. The number of hydrogen-bond acceptors (Lipinski definition) is 3. The lowest BCUT2D eigenvalue weighted by atomic mass is 10.1. The molecule has 0 bridgehead atoms. The summed E-state index contributed by atoms with van der Waals surface area (Å²) < 4.78 is 11.8. The Morgan fingerprint density at radius 3 is 2.68 bits per heavy atom. The molecule has 2 aliphatic rings. The molecule has 3 aromatic rings. The number of aromatic nitrogens is 2. The number of ether oxygens (including phenoxy) is 1. The van der Waals surface area contributed by atoms with Crippen molar-refractivity contribution in [2.75, 3.05) is 26.3 Å². The van der Waals surface area contributed by atoms with Gasteiger partial charge in [0.15, 0.2) is 0 Å². The maximum atomic E-state index is 5.52. The molecule has 28 heavy (non-hydrogen) atoms. The molecule has 2 aliphatic heterocycles. The van der Waals surface area contributed by atoms with Crippen molar-refractivity contribution in [2.45, 2.75) is 6.54 Å². The summed E-state index contributed by atoms with van der Waals surface area (Å²) in [6.45, 7) is 4.27. The summed E-state index contributed by atoms with van der Waals surface area (Å²) >= 11 is 0. The molecule has 0 amide bonds. The number of rotatable bonds is 4. The zero-order valence-electron chi connectivity index (χ0n) is 15.6. The Kier molecular flexibility index (Phi) is 4.50. The molecule has 0 atom stereocenters. The SMILES string of the molecule is C1=CC(c2nc3ccc(-c4ccccc4)cn3c2CN2CCOCC2)=CC=[N+]=1. The van der Waals surface area contributed by atoms with E-state index in [4.69, 9.17) is 9.72 Å². The van der Waals surface area contributed by atoms with E-state index in [1.165, 1.54) is 16.8 Å². The monoisotopic (exact) mass is 369 g/mol. The molecule has 1 saturated heterocycles. The van der Waals surface area contributed by atoms with Crippen molar-refractivity contribution >= 4 is 23.3 Å². The lowest BCUT2D eigenvalue weighted by Gasteiger charge is -2.26. The Hall–Kier alpha value is -3.20. The van der Waals surface area contributed by atoms with E-state index in [9.17, 15) is 0 Å². The van der Waals surface area contributed by atoms with Gasteiger partial charge >= 0.3 is 12.1 Å². The van der Waals surface area contributed by atoms with Gasteiger partial charge in [-0.25, -0.2) is 4.98 Å². The van der Waals surface area contributed by atoms with E-state index < -0.39 is 0 Å². The molecule has 0 spiro atoms. The van der Waals surface area contributed by atoms with Gasteiger partial charge in [0.25, 0.3) is 0 Å². The average Bonchev–Trinajstić information content (AvgIpc) is 3.13. The van der Waals surface area contributed by atoms with E-state index in [-0.39, 0.29) is 0 Å². The van der Waals surface area contributed by atoms with E-state index in [1.807, 2.05) is 18.2 Å². The van der Waals surface area contributed by atoms with Crippen molar-refractivity contribution in [1.29, 1.82) is 0 Å². The largest absolute Gasteiger partial charge is 0.379 e. The molecule has 5 heteroatoms. The molecule has 5 nitrogen and oxygen atoms in total. The van der Waals surface area contributed by atoms with Crippen LogP contribution < -0.4 is 4.67 Å². The van der Waals surface area contributed by atoms with Crippen molar-refractivity contribution in [3.05, 3.63) is 72.2 Å². The van der Waals surface area contributed by atoms with Crippen molar-refractivity contribution in [3.63, 3.8) is 0 Å². The second-order valence-corrected chi connectivity index (χ2v) is 6.98. The third kappa shape index (κ3) is 3.24. The Bertz CT molecular complexity index is 1140. The van der Waals surface area contributed by atoms with E-state index in [0.29, 0.717) is 0 Å². The van der Waals surface area contributed by atoms with Gasteiger partial charge in [-0.15, -0.1) is 0 Å². The first kappa shape index (κ1) is 16.9. The predicted octanol–water partition coefficient (Wildman–Crippen LogP) is 2.59. The van der Waals surface area contributed by atoms with Crippen LogP contribution in [0.3, 0.4) is 0 Å². The third-order valence-electron chi connectivity index (χ3n) is 5.20. The first-order valence-electron chi connectivity index (χ1n) is 9.57. The Morgan fingerprint density at radius 1 is 1.04 bits per heavy atom. The minimum atomic E-state index is 0.782. The van der Waals surface area contributed by atoms with Gasteiger partial charge in [0.05, 0.1) is 30.7 Å². The molecule has 0 unspecified atom stereocenters. The number of morpholine rings is 1. The van der Waals surface area contributed by atoms with Crippen LogP contribution in [0.25, 0.3) is 22.3 Å². The molecule has 1 fully saturated rings. The quantitative estimate of drug-likeness (QED) is 0.664. The number of pyridine rings is 1. The Balaban J connectivity index is 1.63. The normalized spacial score (nSPS) is 16.6.